The molecule has 0 radical (unpaired) electrons. The fourth-order valence-electron chi connectivity index (χ4n) is 3.32. The van der Waals surface area contributed by atoms with E-state index < -0.39 is 0 Å². The minimum absolute atomic E-state index is 0.0641. The number of rotatable bonds is 4. The molecule has 0 aliphatic carbocycles. The Hall–Kier alpha value is -1.43. The SMILES string of the molecule is CCc1nc2n(n1)CCC[C@@H]2N[C@H]1CCN(C(C)C)C1=O. The van der Waals surface area contributed by atoms with Gasteiger partial charge in [0.15, 0.2) is 5.82 Å². The number of aromatic nitrogens is 3. The van der Waals surface area contributed by atoms with Crippen molar-refractivity contribution in [2.45, 2.75) is 71.1 Å². The van der Waals surface area contributed by atoms with Crippen LogP contribution in [0.5, 0.6) is 0 Å². The highest BCUT2D eigenvalue weighted by Crippen LogP contribution is 2.26. The van der Waals surface area contributed by atoms with Crippen LogP contribution >= 0.6 is 0 Å². The fraction of sp³-hybridized carbons (Fsp3) is 0.800. The van der Waals surface area contributed by atoms with Gasteiger partial charge in [-0.3, -0.25) is 10.1 Å². The van der Waals surface area contributed by atoms with Crippen molar-refractivity contribution in [1.29, 1.82) is 0 Å². The number of hydrogen-bond donors (Lipinski definition) is 1. The van der Waals surface area contributed by atoms with Crippen LogP contribution in [0.1, 0.15) is 57.7 Å². The first kappa shape index (κ1) is 14.5. The average molecular weight is 291 g/mol. The number of fused-ring (bicyclic) bond motifs is 1. The lowest BCUT2D eigenvalue weighted by Crippen LogP contribution is -2.43. The molecule has 6 nitrogen and oxygen atoms in total. The number of nitrogens with zero attached hydrogens (tertiary/aromatic N) is 4. The molecule has 21 heavy (non-hydrogen) atoms. The monoisotopic (exact) mass is 291 g/mol. The largest absolute Gasteiger partial charge is 0.339 e. The smallest absolute Gasteiger partial charge is 0.240 e. The van der Waals surface area contributed by atoms with E-state index >= 15 is 0 Å². The van der Waals surface area contributed by atoms with Crippen molar-refractivity contribution in [3.63, 3.8) is 0 Å². The summed E-state index contributed by atoms with van der Waals surface area (Å²) < 4.78 is 2.01. The minimum Gasteiger partial charge on any atom is -0.339 e. The summed E-state index contributed by atoms with van der Waals surface area (Å²) in [6.07, 6.45) is 3.87. The Kier molecular flexibility index (Phi) is 3.97. The third kappa shape index (κ3) is 2.69. The van der Waals surface area contributed by atoms with Crippen LogP contribution in [0.25, 0.3) is 0 Å². The maximum atomic E-state index is 12.4. The zero-order chi connectivity index (χ0) is 15.0. The summed E-state index contributed by atoms with van der Waals surface area (Å²) in [5.74, 6) is 2.14. The predicted molar refractivity (Wildman–Crippen MR) is 79.8 cm³/mol. The molecule has 6 heteroatoms. The van der Waals surface area contributed by atoms with Gasteiger partial charge in [-0.05, 0) is 33.1 Å². The highest BCUT2D eigenvalue weighted by Gasteiger charge is 2.36. The van der Waals surface area contributed by atoms with Crippen LogP contribution in [0.2, 0.25) is 0 Å². The molecule has 0 bridgehead atoms. The van der Waals surface area contributed by atoms with Crippen LogP contribution in [-0.4, -0.2) is 44.2 Å². The van der Waals surface area contributed by atoms with E-state index in [9.17, 15) is 4.79 Å². The molecule has 0 aromatic carbocycles. The van der Waals surface area contributed by atoms with Gasteiger partial charge in [0.1, 0.15) is 5.82 Å². The van der Waals surface area contributed by atoms with E-state index in [2.05, 4.69) is 36.2 Å². The van der Waals surface area contributed by atoms with E-state index in [4.69, 9.17) is 0 Å². The molecule has 1 amide bonds. The molecule has 3 heterocycles. The normalized spacial score (nSPS) is 25.7. The molecule has 1 N–H and O–H groups in total. The standard InChI is InChI=1S/C15H25N5O/c1-4-13-17-14-11(6-5-8-20(14)18-13)16-12-7-9-19(10(2)3)15(12)21/h10-12,16H,4-9H2,1-3H3/t11-,12-/m0/s1. The van der Waals surface area contributed by atoms with Crippen molar-refractivity contribution in [1.82, 2.24) is 25.0 Å². The van der Waals surface area contributed by atoms with E-state index in [0.717, 1.165) is 50.4 Å². The van der Waals surface area contributed by atoms with Gasteiger partial charge in [-0.25, -0.2) is 9.67 Å². The molecule has 1 saturated heterocycles. The van der Waals surface area contributed by atoms with Gasteiger partial charge in [-0.2, -0.15) is 5.10 Å². The van der Waals surface area contributed by atoms with E-state index in [-0.39, 0.29) is 24.0 Å². The van der Waals surface area contributed by atoms with Gasteiger partial charge in [0.2, 0.25) is 5.91 Å². The highest BCUT2D eigenvalue weighted by molar-refractivity contribution is 5.84. The summed E-state index contributed by atoms with van der Waals surface area (Å²) in [4.78, 5) is 19.0. The van der Waals surface area contributed by atoms with Gasteiger partial charge in [-0.15, -0.1) is 0 Å². The first-order valence-corrected chi connectivity index (χ1v) is 8.10. The summed E-state index contributed by atoms with van der Waals surface area (Å²) in [5.41, 5.74) is 0. The summed E-state index contributed by atoms with van der Waals surface area (Å²) in [7, 11) is 0. The molecule has 116 valence electrons. The lowest BCUT2D eigenvalue weighted by Gasteiger charge is -2.26. The molecule has 2 atom stereocenters. The lowest BCUT2D eigenvalue weighted by atomic mass is 10.1. The summed E-state index contributed by atoms with van der Waals surface area (Å²) in [6, 6.07) is 0.379. The molecular weight excluding hydrogens is 266 g/mol. The number of carbonyl (C=O) groups excluding carboxylic acids is 1. The molecule has 0 unspecified atom stereocenters. The van der Waals surface area contributed by atoms with Crippen LogP contribution in [0.15, 0.2) is 0 Å². The molecule has 3 rings (SSSR count). The minimum atomic E-state index is -0.0641. The quantitative estimate of drug-likeness (QED) is 0.907. The van der Waals surface area contributed by atoms with E-state index in [1.807, 2.05) is 9.58 Å². The maximum Gasteiger partial charge on any atom is 0.240 e. The predicted octanol–water partition coefficient (Wildman–Crippen LogP) is 1.27. The van der Waals surface area contributed by atoms with E-state index in [1.54, 1.807) is 0 Å². The Morgan fingerprint density at radius 3 is 2.76 bits per heavy atom. The number of amides is 1. The Morgan fingerprint density at radius 1 is 1.29 bits per heavy atom. The topological polar surface area (TPSA) is 63.1 Å². The van der Waals surface area contributed by atoms with Crippen molar-refractivity contribution >= 4 is 5.91 Å². The Balaban J connectivity index is 1.72. The van der Waals surface area contributed by atoms with E-state index in [1.165, 1.54) is 0 Å². The van der Waals surface area contributed by atoms with Crippen LogP contribution < -0.4 is 5.32 Å². The fourth-order valence-corrected chi connectivity index (χ4v) is 3.32. The second-order valence-corrected chi connectivity index (χ2v) is 6.29. The molecule has 0 spiro atoms. The summed E-state index contributed by atoms with van der Waals surface area (Å²) >= 11 is 0. The molecule has 1 aromatic rings. The molecular formula is C15H25N5O. The van der Waals surface area contributed by atoms with Crippen molar-refractivity contribution in [3.8, 4) is 0 Å². The number of carbonyl (C=O) groups is 1. The number of likely N-dealkylation sites (tertiary alicyclic amines) is 1. The second-order valence-electron chi connectivity index (χ2n) is 6.29. The van der Waals surface area contributed by atoms with Crippen molar-refractivity contribution < 1.29 is 4.79 Å². The van der Waals surface area contributed by atoms with Gasteiger partial charge in [-0.1, -0.05) is 6.92 Å². The maximum absolute atomic E-state index is 12.4. The number of hydrogen-bond acceptors (Lipinski definition) is 4. The number of aryl methyl sites for hydroxylation is 2. The van der Waals surface area contributed by atoms with Crippen LogP contribution in [0.3, 0.4) is 0 Å². The van der Waals surface area contributed by atoms with E-state index in [0.29, 0.717) is 0 Å². The van der Waals surface area contributed by atoms with Gasteiger partial charge in [0.05, 0.1) is 12.1 Å². The Labute approximate surface area is 125 Å². The van der Waals surface area contributed by atoms with Crippen molar-refractivity contribution in [2.24, 2.45) is 0 Å². The van der Waals surface area contributed by atoms with Gasteiger partial charge >= 0.3 is 0 Å². The molecule has 2 aliphatic heterocycles. The zero-order valence-electron chi connectivity index (χ0n) is 13.2. The zero-order valence-corrected chi connectivity index (χ0v) is 13.2. The number of nitrogens with one attached hydrogen (secondary N) is 1. The van der Waals surface area contributed by atoms with Crippen molar-refractivity contribution in [2.75, 3.05) is 6.54 Å². The third-order valence-electron chi connectivity index (χ3n) is 4.50. The summed E-state index contributed by atoms with van der Waals surface area (Å²) in [5, 5.41) is 8.06. The second kappa shape index (κ2) is 5.75. The Morgan fingerprint density at radius 2 is 2.10 bits per heavy atom. The molecule has 1 fully saturated rings. The summed E-state index contributed by atoms with van der Waals surface area (Å²) in [6.45, 7) is 8.02. The first-order valence-electron chi connectivity index (χ1n) is 8.10. The van der Waals surface area contributed by atoms with Crippen LogP contribution in [0, 0.1) is 0 Å². The Bertz CT molecular complexity index is 524. The van der Waals surface area contributed by atoms with Gasteiger partial charge in [0.25, 0.3) is 0 Å². The average Bonchev–Trinajstić information content (AvgIpc) is 3.03. The van der Waals surface area contributed by atoms with Crippen LogP contribution in [0.4, 0.5) is 0 Å². The van der Waals surface area contributed by atoms with Crippen molar-refractivity contribution in [3.05, 3.63) is 11.6 Å². The first-order chi connectivity index (χ1) is 10.1. The third-order valence-corrected chi connectivity index (χ3v) is 4.50. The lowest BCUT2D eigenvalue weighted by molar-refractivity contribution is -0.131. The molecule has 2 aliphatic rings. The highest BCUT2D eigenvalue weighted by atomic mass is 16.2. The molecule has 1 aromatic heterocycles. The van der Waals surface area contributed by atoms with Crippen LogP contribution in [-0.2, 0) is 17.8 Å². The van der Waals surface area contributed by atoms with Gasteiger partial charge < -0.3 is 4.90 Å². The molecule has 0 saturated carbocycles. The van der Waals surface area contributed by atoms with Gasteiger partial charge in [0, 0.05) is 25.6 Å².